The summed E-state index contributed by atoms with van der Waals surface area (Å²) < 4.78 is 33.1. The van der Waals surface area contributed by atoms with Crippen molar-refractivity contribution < 1.29 is 22.7 Å². The van der Waals surface area contributed by atoms with E-state index >= 15 is 0 Å². The van der Waals surface area contributed by atoms with E-state index in [2.05, 4.69) is 15.5 Å². The van der Waals surface area contributed by atoms with E-state index in [0.717, 1.165) is 47.8 Å². The Morgan fingerprint density at radius 1 is 1.05 bits per heavy atom. The largest absolute Gasteiger partial charge is 0.397 e. The Kier molecular flexibility index (Phi) is 8.07. The summed E-state index contributed by atoms with van der Waals surface area (Å²) in [6.45, 7) is 3.97. The maximum atomic E-state index is 13.5. The molecule has 2 aliphatic heterocycles. The van der Waals surface area contributed by atoms with Crippen LogP contribution in [0.4, 0.5) is 21.9 Å². The number of hydrogen-bond acceptors (Lipinski definition) is 8. The lowest BCUT2D eigenvalue weighted by molar-refractivity contribution is 0.0410. The molecule has 0 spiro atoms. The highest BCUT2D eigenvalue weighted by Crippen LogP contribution is 2.34. The first-order valence-electron chi connectivity index (χ1n) is 12.5. The Labute approximate surface area is 231 Å². The maximum Gasteiger partial charge on any atom is 0.336 e. The summed E-state index contributed by atoms with van der Waals surface area (Å²) in [4.78, 5) is 28.6. The molecule has 0 unspecified atom stereocenters. The Morgan fingerprint density at radius 3 is 2.54 bits per heavy atom. The third-order valence-corrected chi connectivity index (χ3v) is 9.26. The maximum absolute atomic E-state index is 13.5. The number of rotatable bonds is 8. The zero-order chi connectivity index (χ0) is 27.4. The molecule has 0 aromatic heterocycles. The van der Waals surface area contributed by atoms with Crippen molar-refractivity contribution in [2.75, 3.05) is 55.0 Å². The van der Waals surface area contributed by atoms with Crippen LogP contribution in [-0.2, 0) is 21.3 Å². The topological polar surface area (TPSA) is 134 Å². The molecule has 0 atom stereocenters. The first kappa shape index (κ1) is 27.0. The number of thioether (sulfide) groups is 1. The van der Waals surface area contributed by atoms with Crippen LogP contribution in [-0.4, -0.2) is 68.2 Å². The molecule has 204 valence electrons. The van der Waals surface area contributed by atoms with Crippen molar-refractivity contribution in [3.8, 4) is 0 Å². The molecule has 12 heteroatoms. The molecule has 2 aliphatic rings. The van der Waals surface area contributed by atoms with Gasteiger partial charge >= 0.3 is 6.03 Å². The number of anilines is 3. The van der Waals surface area contributed by atoms with Crippen LogP contribution in [0, 0.1) is 0 Å². The van der Waals surface area contributed by atoms with Crippen molar-refractivity contribution in [2.45, 2.75) is 16.3 Å². The van der Waals surface area contributed by atoms with Gasteiger partial charge < -0.3 is 21.1 Å². The number of nitrogen functional groups attached to an aromatic ring is 1. The zero-order valence-electron chi connectivity index (χ0n) is 21.1. The highest BCUT2D eigenvalue weighted by molar-refractivity contribution is 7.99. The molecule has 1 fully saturated rings. The highest BCUT2D eigenvalue weighted by atomic mass is 32.2. The number of sulfonamides is 1. The lowest BCUT2D eigenvalue weighted by atomic mass is 10.1. The quantitative estimate of drug-likeness (QED) is 0.277. The zero-order valence-corrected chi connectivity index (χ0v) is 22.8. The number of nitrogens with one attached hydrogen (secondary N) is 2. The number of carbonyl (C=O) groups is 2. The van der Waals surface area contributed by atoms with E-state index in [0.29, 0.717) is 22.5 Å². The van der Waals surface area contributed by atoms with E-state index < -0.39 is 16.1 Å². The predicted molar refractivity (Wildman–Crippen MR) is 151 cm³/mol. The molecule has 5 rings (SSSR count). The van der Waals surface area contributed by atoms with Crippen molar-refractivity contribution in [3.63, 3.8) is 0 Å². The van der Waals surface area contributed by atoms with Gasteiger partial charge in [-0.1, -0.05) is 24.3 Å². The van der Waals surface area contributed by atoms with Crippen molar-refractivity contribution in [2.24, 2.45) is 0 Å². The average molecular weight is 568 g/mol. The van der Waals surface area contributed by atoms with E-state index in [1.165, 1.54) is 0 Å². The molecule has 0 radical (unpaired) electrons. The Morgan fingerprint density at radius 2 is 1.79 bits per heavy atom. The van der Waals surface area contributed by atoms with Gasteiger partial charge in [0.05, 0.1) is 36.8 Å². The molecule has 10 nitrogen and oxygen atoms in total. The summed E-state index contributed by atoms with van der Waals surface area (Å²) in [5.41, 5.74) is 8.03. The standard InChI is InChI=1S/C27H29N5O5S2/c28-22-3-1-2-4-23(22)29-26(33)20-7-5-19(6-8-20)18-32-27(34)30-24-10-9-21(17-25(24)39(32,35)36)38-16-13-31-11-14-37-15-12-31/h1-10,17H,11-16,18,28H2,(H,29,33)(H,30,34). The fraction of sp³-hybridized carbons (Fsp3) is 0.259. The first-order chi connectivity index (χ1) is 18.8. The van der Waals surface area contributed by atoms with Crippen molar-refractivity contribution >= 4 is 50.8 Å². The van der Waals surface area contributed by atoms with Gasteiger partial charge in [-0.15, -0.1) is 11.8 Å². The molecular weight excluding hydrogens is 538 g/mol. The normalized spacial score (nSPS) is 16.8. The number of carbonyl (C=O) groups excluding carboxylic acids is 2. The fourth-order valence-electron chi connectivity index (χ4n) is 4.32. The second kappa shape index (κ2) is 11.7. The molecule has 3 amide bonds. The summed E-state index contributed by atoms with van der Waals surface area (Å²) in [6, 6.07) is 17.7. The van der Waals surface area contributed by atoms with Crippen LogP contribution in [0.15, 0.2) is 76.5 Å². The number of nitrogens with zero attached hydrogens (tertiary/aromatic N) is 2. The molecule has 0 bridgehead atoms. The second-order valence-electron chi connectivity index (χ2n) is 9.14. The lowest BCUT2D eigenvalue weighted by Crippen LogP contribution is -2.43. The Bertz CT molecular complexity index is 1470. The summed E-state index contributed by atoms with van der Waals surface area (Å²) in [5, 5.41) is 5.44. The third-order valence-electron chi connectivity index (χ3n) is 6.52. The van der Waals surface area contributed by atoms with Crippen LogP contribution in [0.1, 0.15) is 15.9 Å². The van der Waals surface area contributed by atoms with Gasteiger partial charge in [-0.2, -0.15) is 0 Å². The number of nitrogens with two attached hydrogens (primary N) is 1. The van der Waals surface area contributed by atoms with Gasteiger partial charge in [0, 0.05) is 35.8 Å². The summed E-state index contributed by atoms with van der Waals surface area (Å²) in [7, 11) is -4.08. The van der Waals surface area contributed by atoms with Crippen LogP contribution in [0.25, 0.3) is 0 Å². The second-order valence-corrected chi connectivity index (χ2v) is 12.1. The van der Waals surface area contributed by atoms with Gasteiger partial charge in [-0.3, -0.25) is 9.69 Å². The molecule has 39 heavy (non-hydrogen) atoms. The molecular formula is C27H29N5O5S2. The number of hydrogen-bond donors (Lipinski definition) is 3. The van der Waals surface area contributed by atoms with Crippen LogP contribution in [0.2, 0.25) is 0 Å². The number of para-hydroxylation sites is 2. The fourth-order valence-corrected chi connectivity index (χ4v) is 6.84. The van der Waals surface area contributed by atoms with Crippen molar-refractivity contribution in [3.05, 3.63) is 77.9 Å². The summed E-state index contributed by atoms with van der Waals surface area (Å²) in [5.74, 6) is 0.460. The minimum Gasteiger partial charge on any atom is -0.397 e. The van der Waals surface area contributed by atoms with Gasteiger partial charge in [-0.05, 0) is 48.0 Å². The SMILES string of the molecule is Nc1ccccc1NC(=O)c1ccc(CN2C(=O)Nc3ccc(SCCN4CCOCC4)cc3S2(=O)=O)cc1. The van der Waals surface area contributed by atoms with Crippen molar-refractivity contribution in [1.82, 2.24) is 9.21 Å². The molecule has 0 saturated carbocycles. The van der Waals surface area contributed by atoms with Crippen LogP contribution in [0.5, 0.6) is 0 Å². The van der Waals surface area contributed by atoms with Gasteiger partial charge in [0.1, 0.15) is 4.90 Å². The van der Waals surface area contributed by atoms with Crippen LogP contribution < -0.4 is 16.4 Å². The van der Waals surface area contributed by atoms with Gasteiger partial charge in [-0.25, -0.2) is 17.5 Å². The number of urea groups is 1. The van der Waals surface area contributed by atoms with Crippen LogP contribution >= 0.6 is 11.8 Å². The molecule has 3 aromatic carbocycles. The van der Waals surface area contributed by atoms with E-state index in [1.807, 2.05) is 6.07 Å². The highest BCUT2D eigenvalue weighted by Gasteiger charge is 2.37. The number of morpholine rings is 1. The molecule has 1 saturated heterocycles. The number of ether oxygens (including phenoxy) is 1. The Hall–Kier alpha value is -3.58. The van der Waals surface area contributed by atoms with E-state index in [9.17, 15) is 18.0 Å². The minimum atomic E-state index is -4.08. The van der Waals surface area contributed by atoms with Crippen molar-refractivity contribution in [1.29, 1.82) is 0 Å². The molecule has 4 N–H and O–H groups in total. The molecule has 3 aromatic rings. The third kappa shape index (κ3) is 6.19. The molecule has 0 aliphatic carbocycles. The first-order valence-corrected chi connectivity index (χ1v) is 14.9. The minimum absolute atomic E-state index is 0.0647. The van der Waals surface area contributed by atoms with Gasteiger partial charge in [0.25, 0.3) is 15.9 Å². The number of amides is 3. The lowest BCUT2D eigenvalue weighted by Gasteiger charge is -2.29. The van der Waals surface area contributed by atoms with E-state index in [-0.39, 0.29) is 23.0 Å². The Balaban J connectivity index is 1.26. The van der Waals surface area contributed by atoms with Gasteiger partial charge in [0.15, 0.2) is 0 Å². The van der Waals surface area contributed by atoms with E-state index in [4.69, 9.17) is 10.5 Å². The number of fused-ring (bicyclic) bond motifs is 1. The smallest absolute Gasteiger partial charge is 0.336 e. The van der Waals surface area contributed by atoms with E-state index in [1.54, 1.807) is 72.4 Å². The molecule has 2 heterocycles. The van der Waals surface area contributed by atoms with Crippen LogP contribution in [0.3, 0.4) is 0 Å². The monoisotopic (exact) mass is 567 g/mol. The average Bonchev–Trinajstić information content (AvgIpc) is 2.93. The van der Waals surface area contributed by atoms with Gasteiger partial charge in [0.2, 0.25) is 0 Å². The summed E-state index contributed by atoms with van der Waals surface area (Å²) in [6.07, 6.45) is 0. The number of benzene rings is 3. The summed E-state index contributed by atoms with van der Waals surface area (Å²) >= 11 is 1.58. The predicted octanol–water partition coefficient (Wildman–Crippen LogP) is 3.68.